The van der Waals surface area contributed by atoms with Crippen LogP contribution < -0.4 is 16.2 Å². The van der Waals surface area contributed by atoms with Gasteiger partial charge in [-0.1, -0.05) is 110 Å². The lowest BCUT2D eigenvalue weighted by atomic mass is 9.75. The summed E-state index contributed by atoms with van der Waals surface area (Å²) in [6, 6.07) is 0. The number of nitrogens with one attached hydrogen (secondary N) is 3. The van der Waals surface area contributed by atoms with E-state index in [4.69, 9.17) is 17.3 Å². The minimum atomic E-state index is -0.578. The molecule has 1 unspecified atom stereocenters. The molecule has 1 rings (SSSR count). The molecule has 3 N–H and O–H groups in total. The molecular weight excluding hydrogens is 486 g/mol. The Morgan fingerprint density at radius 1 is 0.889 bits per heavy atom. The second-order valence-electron chi connectivity index (χ2n) is 11.7. The van der Waals surface area contributed by atoms with Gasteiger partial charge in [0.25, 0.3) is 5.24 Å². The summed E-state index contributed by atoms with van der Waals surface area (Å²) in [5.41, 5.74) is 4.83. The van der Waals surface area contributed by atoms with Crippen molar-refractivity contribution in [2.24, 2.45) is 22.1 Å². The molecule has 0 aromatic rings. The van der Waals surface area contributed by atoms with Crippen molar-refractivity contribution in [1.82, 2.24) is 16.2 Å². The lowest BCUT2D eigenvalue weighted by Gasteiger charge is -2.43. The lowest BCUT2D eigenvalue weighted by molar-refractivity contribution is 0.126. The molecule has 0 radical (unpaired) electrons. The van der Waals surface area contributed by atoms with E-state index in [-0.39, 0.29) is 16.7 Å². The van der Waals surface area contributed by atoms with Gasteiger partial charge in [0.2, 0.25) is 0 Å². The fourth-order valence-corrected chi connectivity index (χ4v) is 5.70. The molecule has 1 aliphatic carbocycles. The molecule has 1 fully saturated rings. The number of hydrazine groups is 1. The summed E-state index contributed by atoms with van der Waals surface area (Å²) in [6.45, 7) is 12.8. The van der Waals surface area contributed by atoms with Gasteiger partial charge in [0, 0.05) is 11.7 Å². The standard InChI is InChI=1S/C28H55N5OS2/c1-7-8-9-10-11-12-13-14-15-19-22-36-26(34)31-30-25(35)29-28(23(2)3,33-32-27(4,5)6)24-20-17-16-18-21-24/h23-24H,7-22H2,1-6H3,(H,31,34)(H2,29,30,35). The monoisotopic (exact) mass is 541 g/mol. The molecule has 1 saturated carbocycles. The van der Waals surface area contributed by atoms with Crippen LogP contribution in [0.4, 0.5) is 4.79 Å². The fraction of sp³-hybridized carbons (Fsp3) is 0.929. The highest BCUT2D eigenvalue weighted by atomic mass is 32.2. The average molecular weight is 542 g/mol. The second-order valence-corrected chi connectivity index (χ2v) is 13.2. The molecule has 0 heterocycles. The molecule has 0 aliphatic heterocycles. The van der Waals surface area contributed by atoms with Crippen LogP contribution in [-0.4, -0.2) is 27.3 Å². The van der Waals surface area contributed by atoms with Crippen LogP contribution in [0, 0.1) is 11.8 Å². The first-order valence-corrected chi connectivity index (χ1v) is 15.9. The molecule has 0 saturated heterocycles. The maximum absolute atomic E-state index is 12.3. The largest absolute Gasteiger partial charge is 0.335 e. The Hall–Kier alpha value is -0.890. The first kappa shape index (κ1) is 33.1. The first-order chi connectivity index (χ1) is 17.1. The maximum Gasteiger partial charge on any atom is 0.297 e. The Labute approximate surface area is 231 Å². The summed E-state index contributed by atoms with van der Waals surface area (Å²) in [4.78, 5) is 12.3. The van der Waals surface area contributed by atoms with Gasteiger partial charge in [-0.25, -0.2) is 0 Å². The van der Waals surface area contributed by atoms with Gasteiger partial charge < -0.3 is 5.32 Å². The number of unbranched alkanes of at least 4 members (excludes halogenated alkanes) is 9. The number of azo groups is 1. The minimum Gasteiger partial charge on any atom is -0.335 e. The van der Waals surface area contributed by atoms with Crippen LogP contribution in [-0.2, 0) is 0 Å². The zero-order chi connectivity index (χ0) is 26.9. The van der Waals surface area contributed by atoms with Crippen molar-refractivity contribution in [2.45, 2.75) is 149 Å². The van der Waals surface area contributed by atoms with Crippen molar-refractivity contribution >= 4 is 34.3 Å². The third-order valence-corrected chi connectivity index (χ3v) is 8.01. The number of hydrogen-bond donors (Lipinski definition) is 3. The van der Waals surface area contributed by atoms with E-state index in [0.29, 0.717) is 11.0 Å². The summed E-state index contributed by atoms with van der Waals surface area (Å²) in [7, 11) is 0. The number of hydrogen-bond acceptors (Lipinski definition) is 5. The van der Waals surface area contributed by atoms with Crippen molar-refractivity contribution in [2.75, 3.05) is 5.75 Å². The molecule has 6 nitrogen and oxygen atoms in total. The summed E-state index contributed by atoms with van der Waals surface area (Å²) in [5.74, 6) is 1.40. The Bertz CT molecular complexity index is 644. The summed E-state index contributed by atoms with van der Waals surface area (Å²) in [5, 5.41) is 13.3. The molecule has 8 heteroatoms. The number of thiocarbonyl (C=S) groups is 1. The third kappa shape index (κ3) is 14.2. The van der Waals surface area contributed by atoms with Crippen molar-refractivity contribution in [3.05, 3.63) is 0 Å². The van der Waals surface area contributed by atoms with Crippen LogP contribution in [0.2, 0.25) is 0 Å². The molecule has 1 atom stereocenters. The summed E-state index contributed by atoms with van der Waals surface area (Å²) >= 11 is 6.92. The normalized spacial score (nSPS) is 16.8. The third-order valence-electron chi connectivity index (χ3n) is 6.95. The Kier molecular flexibility index (Phi) is 16.9. The number of rotatable bonds is 15. The van der Waals surface area contributed by atoms with Gasteiger partial charge >= 0.3 is 0 Å². The molecule has 0 aromatic heterocycles. The van der Waals surface area contributed by atoms with E-state index in [1.54, 1.807) is 0 Å². The van der Waals surface area contributed by atoms with Gasteiger partial charge in [0.1, 0.15) is 0 Å². The summed E-state index contributed by atoms with van der Waals surface area (Å²) in [6.07, 6.45) is 18.9. The van der Waals surface area contributed by atoms with Crippen molar-refractivity contribution in [1.29, 1.82) is 0 Å². The van der Waals surface area contributed by atoms with E-state index in [1.807, 2.05) is 0 Å². The highest BCUT2D eigenvalue weighted by molar-refractivity contribution is 8.13. The van der Waals surface area contributed by atoms with Crippen molar-refractivity contribution in [3.63, 3.8) is 0 Å². The van der Waals surface area contributed by atoms with Crippen LogP contribution in [0.25, 0.3) is 0 Å². The SMILES string of the molecule is CCCCCCCCCCCCSC(=O)NNC(=S)NC(N=NC(C)(C)C)(C(C)C)C1CCCCC1. The zero-order valence-corrected chi connectivity index (χ0v) is 25.7. The predicted molar refractivity (Wildman–Crippen MR) is 160 cm³/mol. The molecule has 0 aromatic carbocycles. The Morgan fingerprint density at radius 2 is 1.44 bits per heavy atom. The number of nitrogens with zero attached hydrogens (tertiary/aromatic N) is 2. The fourth-order valence-electron chi connectivity index (χ4n) is 4.83. The number of carbonyl (C=O) groups is 1. The van der Waals surface area contributed by atoms with E-state index in [0.717, 1.165) is 25.0 Å². The minimum absolute atomic E-state index is 0.0980. The van der Waals surface area contributed by atoms with E-state index in [9.17, 15) is 4.79 Å². The Balaban J connectivity index is 2.41. The smallest absolute Gasteiger partial charge is 0.297 e. The number of amides is 1. The number of thioether (sulfide) groups is 1. The summed E-state index contributed by atoms with van der Waals surface area (Å²) < 4.78 is 0. The quantitative estimate of drug-likeness (QED) is 0.0835. The van der Waals surface area contributed by atoms with Gasteiger partial charge in [-0.2, -0.15) is 10.2 Å². The maximum atomic E-state index is 12.3. The highest BCUT2D eigenvalue weighted by Gasteiger charge is 2.43. The first-order valence-electron chi connectivity index (χ1n) is 14.6. The molecule has 210 valence electrons. The second kappa shape index (κ2) is 18.4. The van der Waals surface area contributed by atoms with Crippen molar-refractivity contribution in [3.8, 4) is 0 Å². The van der Waals surface area contributed by atoms with Gasteiger partial charge in [-0.3, -0.25) is 15.6 Å². The highest BCUT2D eigenvalue weighted by Crippen LogP contribution is 2.39. The molecule has 0 spiro atoms. The van der Waals surface area contributed by atoms with Crippen LogP contribution in [0.5, 0.6) is 0 Å². The van der Waals surface area contributed by atoms with E-state index < -0.39 is 5.66 Å². The average Bonchev–Trinajstić information content (AvgIpc) is 2.83. The topological polar surface area (TPSA) is 77.9 Å². The Morgan fingerprint density at radius 3 is 1.97 bits per heavy atom. The van der Waals surface area contributed by atoms with Crippen molar-refractivity contribution < 1.29 is 4.79 Å². The molecular formula is C28H55N5OS2. The predicted octanol–water partition coefficient (Wildman–Crippen LogP) is 8.91. The van der Waals surface area contributed by atoms with E-state index >= 15 is 0 Å². The zero-order valence-electron chi connectivity index (χ0n) is 24.1. The van der Waals surface area contributed by atoms with Crippen LogP contribution in [0.3, 0.4) is 0 Å². The van der Waals surface area contributed by atoms with Gasteiger partial charge in [0.15, 0.2) is 10.8 Å². The lowest BCUT2D eigenvalue weighted by Crippen LogP contribution is -2.60. The van der Waals surface area contributed by atoms with E-state index in [2.05, 4.69) is 62.8 Å². The number of carbonyl (C=O) groups excluding carboxylic acids is 1. The van der Waals surface area contributed by atoms with Crippen LogP contribution in [0.1, 0.15) is 138 Å². The van der Waals surface area contributed by atoms with Gasteiger partial charge in [-0.15, -0.1) is 0 Å². The van der Waals surface area contributed by atoms with Crippen LogP contribution >= 0.6 is 24.0 Å². The molecule has 1 amide bonds. The molecule has 0 bridgehead atoms. The molecule has 36 heavy (non-hydrogen) atoms. The van der Waals surface area contributed by atoms with Gasteiger partial charge in [-0.05, 0) is 58.2 Å². The van der Waals surface area contributed by atoms with Gasteiger partial charge in [0.05, 0.1) is 5.54 Å². The van der Waals surface area contributed by atoms with E-state index in [1.165, 1.54) is 88.8 Å². The molecule has 1 aliphatic rings. The van der Waals surface area contributed by atoms with Crippen LogP contribution in [0.15, 0.2) is 10.2 Å².